The monoisotopic (exact) mass is 190 g/mol. The summed E-state index contributed by atoms with van der Waals surface area (Å²) in [6.07, 6.45) is 11.4. The van der Waals surface area contributed by atoms with Crippen LogP contribution in [-0.2, 0) is 0 Å². The topological polar surface area (TPSA) is 25.8 Å². The van der Waals surface area contributed by atoms with Gasteiger partial charge in [-0.05, 0) is 24.9 Å². The summed E-state index contributed by atoms with van der Waals surface area (Å²) in [5, 5.41) is 1.01. The first-order valence-corrected chi connectivity index (χ1v) is 4.97. The molecule has 1 aliphatic rings. The van der Waals surface area contributed by atoms with Gasteiger partial charge in [0.2, 0.25) is 0 Å². The molecule has 3 heteroatoms. The van der Waals surface area contributed by atoms with Gasteiger partial charge in [-0.2, -0.15) is 4.37 Å². The number of hydrogen-bond acceptors (Lipinski definition) is 3. The van der Waals surface area contributed by atoms with Crippen LogP contribution in [0.15, 0.2) is 30.4 Å². The second kappa shape index (κ2) is 3.66. The Bertz CT molecular complexity index is 385. The summed E-state index contributed by atoms with van der Waals surface area (Å²) in [6, 6.07) is 0. The first-order valence-electron chi connectivity index (χ1n) is 4.20. The molecule has 0 aromatic carbocycles. The predicted molar refractivity (Wildman–Crippen MR) is 55.5 cm³/mol. The van der Waals surface area contributed by atoms with E-state index in [1.54, 1.807) is 0 Å². The summed E-state index contributed by atoms with van der Waals surface area (Å²) < 4.78 is 4.26. The van der Waals surface area contributed by atoms with Gasteiger partial charge in [-0.25, -0.2) is 4.98 Å². The highest BCUT2D eigenvalue weighted by Gasteiger charge is 2.03. The maximum absolute atomic E-state index is 4.33. The van der Waals surface area contributed by atoms with Crippen molar-refractivity contribution < 1.29 is 0 Å². The van der Waals surface area contributed by atoms with Crippen molar-refractivity contribution in [2.75, 3.05) is 0 Å². The van der Waals surface area contributed by atoms with Gasteiger partial charge < -0.3 is 0 Å². The van der Waals surface area contributed by atoms with Gasteiger partial charge >= 0.3 is 0 Å². The van der Waals surface area contributed by atoms with E-state index in [-0.39, 0.29) is 0 Å². The van der Waals surface area contributed by atoms with Crippen LogP contribution in [0.4, 0.5) is 0 Å². The number of hydrogen-bond donors (Lipinski definition) is 0. The lowest BCUT2D eigenvalue weighted by atomic mass is 10.2. The van der Waals surface area contributed by atoms with Crippen molar-refractivity contribution in [3.63, 3.8) is 0 Å². The minimum Gasteiger partial charge on any atom is -0.220 e. The van der Waals surface area contributed by atoms with Gasteiger partial charge in [-0.3, -0.25) is 0 Å². The Morgan fingerprint density at radius 2 is 2.31 bits per heavy atom. The largest absolute Gasteiger partial charge is 0.220 e. The van der Waals surface area contributed by atoms with Crippen LogP contribution in [0.25, 0.3) is 5.57 Å². The van der Waals surface area contributed by atoms with Crippen molar-refractivity contribution in [2.45, 2.75) is 13.3 Å². The molecule has 2 rings (SSSR count). The molecule has 0 amide bonds. The standard InChI is InChI=1S/C10H10N2S/c1-8-11-10(12-13-8)9-6-4-2-3-5-7-9/h2,4-7H,3H2,1H3. The fourth-order valence-corrected chi connectivity index (χ4v) is 1.64. The molecule has 0 bridgehead atoms. The van der Waals surface area contributed by atoms with E-state index in [0.717, 1.165) is 22.8 Å². The van der Waals surface area contributed by atoms with Crippen LogP contribution in [0.1, 0.15) is 17.3 Å². The lowest BCUT2D eigenvalue weighted by Crippen LogP contribution is -1.83. The van der Waals surface area contributed by atoms with Crippen LogP contribution in [0.5, 0.6) is 0 Å². The summed E-state index contributed by atoms with van der Waals surface area (Å²) in [6.45, 7) is 1.97. The highest BCUT2D eigenvalue weighted by atomic mass is 32.1. The third kappa shape index (κ3) is 1.92. The Labute approximate surface area is 81.5 Å². The molecule has 66 valence electrons. The van der Waals surface area contributed by atoms with Crippen molar-refractivity contribution in [3.05, 3.63) is 41.2 Å². The Balaban J connectivity index is 2.35. The van der Waals surface area contributed by atoms with Crippen LogP contribution in [-0.4, -0.2) is 9.36 Å². The molecule has 1 heterocycles. The SMILES string of the molecule is Cc1nc(C2=CC=CCC=C2)ns1. The van der Waals surface area contributed by atoms with Gasteiger partial charge in [0.1, 0.15) is 5.01 Å². The molecule has 0 saturated heterocycles. The lowest BCUT2D eigenvalue weighted by Gasteiger charge is -1.91. The van der Waals surface area contributed by atoms with Crippen LogP contribution < -0.4 is 0 Å². The van der Waals surface area contributed by atoms with Crippen LogP contribution >= 0.6 is 11.5 Å². The molecule has 1 aromatic rings. The first kappa shape index (κ1) is 8.38. The fraction of sp³-hybridized carbons (Fsp3) is 0.200. The third-order valence-corrected chi connectivity index (χ3v) is 2.39. The van der Waals surface area contributed by atoms with E-state index in [2.05, 4.69) is 27.6 Å². The molecule has 0 N–H and O–H groups in total. The van der Waals surface area contributed by atoms with Gasteiger partial charge in [-0.1, -0.05) is 30.4 Å². The van der Waals surface area contributed by atoms with Crippen molar-refractivity contribution in [1.82, 2.24) is 9.36 Å². The highest BCUT2D eigenvalue weighted by molar-refractivity contribution is 7.05. The van der Waals surface area contributed by atoms with Gasteiger partial charge in [0.05, 0.1) is 0 Å². The average Bonchev–Trinajstić information content (AvgIpc) is 2.43. The smallest absolute Gasteiger partial charge is 0.172 e. The second-order valence-electron chi connectivity index (χ2n) is 2.83. The lowest BCUT2D eigenvalue weighted by molar-refractivity contribution is 1.21. The van der Waals surface area contributed by atoms with E-state index in [1.165, 1.54) is 11.5 Å². The predicted octanol–water partition coefficient (Wildman–Crippen LogP) is 2.75. The van der Waals surface area contributed by atoms with E-state index in [1.807, 2.05) is 19.1 Å². The molecule has 0 unspecified atom stereocenters. The molecule has 1 aliphatic carbocycles. The number of aromatic nitrogens is 2. The first-order chi connectivity index (χ1) is 6.36. The maximum Gasteiger partial charge on any atom is 0.172 e. The zero-order valence-electron chi connectivity index (χ0n) is 7.40. The van der Waals surface area contributed by atoms with Crippen molar-refractivity contribution in [2.24, 2.45) is 0 Å². The molecule has 13 heavy (non-hydrogen) atoms. The summed E-state index contributed by atoms with van der Waals surface area (Å²) >= 11 is 1.44. The van der Waals surface area contributed by atoms with Crippen LogP contribution in [0.2, 0.25) is 0 Å². The third-order valence-electron chi connectivity index (χ3n) is 1.77. The zero-order valence-corrected chi connectivity index (χ0v) is 8.21. The van der Waals surface area contributed by atoms with Gasteiger partial charge in [0.25, 0.3) is 0 Å². The highest BCUT2D eigenvalue weighted by Crippen LogP contribution is 2.16. The molecule has 0 fully saturated rings. The van der Waals surface area contributed by atoms with E-state index in [4.69, 9.17) is 0 Å². The fourth-order valence-electron chi connectivity index (χ4n) is 1.14. The average molecular weight is 190 g/mol. The van der Waals surface area contributed by atoms with Gasteiger partial charge in [0, 0.05) is 5.57 Å². The minimum absolute atomic E-state index is 0.838. The summed E-state index contributed by atoms with van der Waals surface area (Å²) in [4.78, 5) is 4.33. The van der Waals surface area contributed by atoms with E-state index in [0.29, 0.717) is 0 Å². The Morgan fingerprint density at radius 1 is 1.38 bits per heavy atom. The normalized spacial score (nSPS) is 15.6. The Kier molecular flexibility index (Phi) is 2.36. The van der Waals surface area contributed by atoms with Crippen molar-refractivity contribution >= 4 is 17.1 Å². The molecule has 0 spiro atoms. The quantitative estimate of drug-likeness (QED) is 0.680. The van der Waals surface area contributed by atoms with Gasteiger partial charge in [-0.15, -0.1) is 0 Å². The molecule has 0 aliphatic heterocycles. The van der Waals surface area contributed by atoms with E-state index in [9.17, 15) is 0 Å². The van der Waals surface area contributed by atoms with Crippen LogP contribution in [0, 0.1) is 6.92 Å². The number of allylic oxidation sites excluding steroid dienone is 6. The molecule has 0 saturated carbocycles. The van der Waals surface area contributed by atoms with Crippen LogP contribution in [0.3, 0.4) is 0 Å². The summed E-state index contributed by atoms with van der Waals surface area (Å²) in [5.41, 5.74) is 1.10. The molecule has 2 nitrogen and oxygen atoms in total. The molecule has 0 radical (unpaired) electrons. The summed E-state index contributed by atoms with van der Waals surface area (Å²) in [7, 11) is 0. The van der Waals surface area contributed by atoms with Gasteiger partial charge in [0.15, 0.2) is 5.82 Å². The number of rotatable bonds is 1. The summed E-state index contributed by atoms with van der Waals surface area (Å²) in [5.74, 6) is 0.838. The Morgan fingerprint density at radius 3 is 3.08 bits per heavy atom. The molecule has 1 aromatic heterocycles. The molecular formula is C10H10N2S. The Hall–Kier alpha value is -1.22. The van der Waals surface area contributed by atoms with E-state index < -0.39 is 0 Å². The zero-order chi connectivity index (χ0) is 9.10. The van der Waals surface area contributed by atoms with Crippen molar-refractivity contribution in [1.29, 1.82) is 0 Å². The second-order valence-corrected chi connectivity index (χ2v) is 3.78. The molecule has 0 atom stereocenters. The number of aryl methyl sites for hydroxylation is 1. The minimum atomic E-state index is 0.838. The van der Waals surface area contributed by atoms with Crippen molar-refractivity contribution in [3.8, 4) is 0 Å². The number of nitrogens with zero attached hydrogens (tertiary/aromatic N) is 2. The van der Waals surface area contributed by atoms with E-state index >= 15 is 0 Å². The maximum atomic E-state index is 4.33. The molecular weight excluding hydrogens is 180 g/mol.